The molecule has 5 N–H and O–H groups in total. The van der Waals surface area contributed by atoms with Gasteiger partial charge >= 0.3 is 11.9 Å². The third kappa shape index (κ3) is 6.24. The van der Waals surface area contributed by atoms with Crippen molar-refractivity contribution in [3.8, 4) is 0 Å². The third-order valence-corrected chi connectivity index (χ3v) is 4.92. The minimum absolute atomic E-state index is 0.0166. The topological polar surface area (TPSA) is 182 Å². The molecule has 12 heteroatoms. The molecule has 3 aromatic rings. The van der Waals surface area contributed by atoms with E-state index < -0.39 is 23.9 Å². The molecule has 0 saturated carbocycles. The average molecular weight is 473 g/mol. The molecular formula is C22H27N5O7. The van der Waals surface area contributed by atoms with Crippen LogP contribution in [0.3, 0.4) is 0 Å². The summed E-state index contributed by atoms with van der Waals surface area (Å²) in [6.45, 7) is 3.69. The van der Waals surface area contributed by atoms with E-state index in [9.17, 15) is 19.2 Å². The van der Waals surface area contributed by atoms with Crippen LogP contribution >= 0.6 is 0 Å². The van der Waals surface area contributed by atoms with Gasteiger partial charge in [0.25, 0.3) is 11.5 Å². The van der Waals surface area contributed by atoms with Crippen LogP contribution in [-0.2, 0) is 31.9 Å². The number of rotatable bonds is 11. The van der Waals surface area contributed by atoms with Crippen LogP contribution in [0.4, 0.5) is 5.95 Å². The molecule has 0 saturated heterocycles. The summed E-state index contributed by atoms with van der Waals surface area (Å²) in [7, 11) is 0. The third-order valence-electron chi connectivity index (χ3n) is 4.92. The molecule has 182 valence electrons. The van der Waals surface area contributed by atoms with Crippen LogP contribution in [0.1, 0.15) is 48.7 Å². The Kier molecular flexibility index (Phi) is 8.06. The van der Waals surface area contributed by atoms with E-state index in [0.717, 1.165) is 5.69 Å². The van der Waals surface area contributed by atoms with Crippen molar-refractivity contribution in [2.75, 3.05) is 18.9 Å². The first-order valence-corrected chi connectivity index (χ1v) is 10.9. The SMILES string of the molecule is CCOC(=O)CC[C@H](NC(=O)c1ccc(CCc2cc3c(=O)[nH]c(N)nc3[nH]2)o1)C(=O)OCC. The maximum Gasteiger partial charge on any atom is 0.328 e. The van der Waals surface area contributed by atoms with E-state index in [2.05, 4.69) is 20.3 Å². The first kappa shape index (κ1) is 24.6. The number of hydrogen-bond acceptors (Lipinski definition) is 9. The highest BCUT2D eigenvalue weighted by molar-refractivity contribution is 5.94. The van der Waals surface area contributed by atoms with Gasteiger partial charge < -0.3 is 29.9 Å². The van der Waals surface area contributed by atoms with Crippen LogP contribution in [0.15, 0.2) is 27.4 Å². The van der Waals surface area contributed by atoms with E-state index in [4.69, 9.17) is 19.6 Å². The smallest absolute Gasteiger partial charge is 0.328 e. The van der Waals surface area contributed by atoms with Gasteiger partial charge in [0.1, 0.15) is 17.4 Å². The molecular weight excluding hydrogens is 446 g/mol. The molecule has 0 spiro atoms. The molecule has 0 aromatic carbocycles. The monoisotopic (exact) mass is 473 g/mol. The van der Waals surface area contributed by atoms with E-state index in [-0.39, 0.29) is 43.3 Å². The number of carbonyl (C=O) groups is 3. The summed E-state index contributed by atoms with van der Waals surface area (Å²) >= 11 is 0. The fourth-order valence-corrected chi connectivity index (χ4v) is 3.33. The van der Waals surface area contributed by atoms with E-state index >= 15 is 0 Å². The van der Waals surface area contributed by atoms with Gasteiger partial charge in [0.15, 0.2) is 5.76 Å². The maximum atomic E-state index is 12.6. The summed E-state index contributed by atoms with van der Waals surface area (Å²) in [4.78, 5) is 57.9. The lowest BCUT2D eigenvalue weighted by atomic mass is 10.1. The van der Waals surface area contributed by atoms with Crippen molar-refractivity contribution < 1.29 is 28.3 Å². The lowest BCUT2D eigenvalue weighted by Gasteiger charge is -2.16. The molecule has 0 radical (unpaired) electrons. The molecule has 0 aliphatic carbocycles. The lowest BCUT2D eigenvalue weighted by Crippen LogP contribution is -2.42. The first-order chi connectivity index (χ1) is 16.3. The van der Waals surface area contributed by atoms with Crippen molar-refractivity contribution in [2.45, 2.75) is 45.6 Å². The molecule has 0 fully saturated rings. The number of nitrogen functional groups attached to an aromatic ring is 1. The maximum absolute atomic E-state index is 12.6. The normalized spacial score (nSPS) is 11.8. The Morgan fingerprint density at radius 1 is 1.15 bits per heavy atom. The van der Waals surface area contributed by atoms with Crippen LogP contribution in [0.25, 0.3) is 11.0 Å². The van der Waals surface area contributed by atoms with E-state index in [1.165, 1.54) is 6.07 Å². The molecule has 3 heterocycles. The Labute approximate surface area is 194 Å². The van der Waals surface area contributed by atoms with Gasteiger partial charge in [0, 0.05) is 18.5 Å². The molecule has 3 aromatic heterocycles. The second-order valence-corrected chi connectivity index (χ2v) is 7.40. The number of nitrogens with one attached hydrogen (secondary N) is 3. The van der Waals surface area contributed by atoms with Crippen LogP contribution in [0, 0.1) is 0 Å². The van der Waals surface area contributed by atoms with Gasteiger partial charge in [0.05, 0.1) is 18.6 Å². The number of amides is 1. The van der Waals surface area contributed by atoms with Gasteiger partial charge in [-0.05, 0) is 44.9 Å². The zero-order valence-corrected chi connectivity index (χ0v) is 18.9. The minimum Gasteiger partial charge on any atom is -0.466 e. The highest BCUT2D eigenvalue weighted by atomic mass is 16.5. The Morgan fingerprint density at radius 2 is 1.91 bits per heavy atom. The zero-order valence-electron chi connectivity index (χ0n) is 18.9. The number of carbonyl (C=O) groups excluding carboxylic acids is 3. The number of aromatic nitrogens is 3. The first-order valence-electron chi connectivity index (χ1n) is 10.9. The Balaban J connectivity index is 1.61. The number of hydrogen-bond donors (Lipinski definition) is 4. The van der Waals surface area contributed by atoms with Crippen molar-refractivity contribution in [3.63, 3.8) is 0 Å². The molecule has 3 rings (SSSR count). The van der Waals surface area contributed by atoms with E-state index in [0.29, 0.717) is 29.6 Å². The number of fused-ring (bicyclic) bond motifs is 1. The van der Waals surface area contributed by atoms with Crippen molar-refractivity contribution in [2.24, 2.45) is 0 Å². The number of ether oxygens (including phenoxy) is 2. The number of esters is 2. The highest BCUT2D eigenvalue weighted by Crippen LogP contribution is 2.15. The summed E-state index contributed by atoms with van der Waals surface area (Å²) in [5, 5.41) is 2.95. The second-order valence-electron chi connectivity index (χ2n) is 7.40. The molecule has 0 bridgehead atoms. The standard InChI is InChI=1S/C22H27N5O7/c1-3-32-17(28)10-8-15(21(31)33-4-2)25-20(30)16-9-7-13(34-16)6-5-12-11-14-18(24-12)26-22(23)27-19(14)29/h7,9,11,15H,3-6,8,10H2,1-2H3,(H,25,30)(H4,23,24,26,27,29)/t15-/m0/s1. The van der Waals surface area contributed by atoms with E-state index in [1.807, 2.05) is 0 Å². The van der Waals surface area contributed by atoms with E-state index in [1.54, 1.807) is 26.0 Å². The largest absolute Gasteiger partial charge is 0.466 e. The number of aryl methyl sites for hydroxylation is 2. The quantitative estimate of drug-likeness (QED) is 0.297. The van der Waals surface area contributed by atoms with Crippen molar-refractivity contribution in [1.82, 2.24) is 20.3 Å². The zero-order chi connectivity index (χ0) is 24.7. The minimum atomic E-state index is -1.02. The predicted octanol–water partition coefficient (Wildman–Crippen LogP) is 1.22. The van der Waals surface area contributed by atoms with Crippen molar-refractivity contribution in [3.05, 3.63) is 45.8 Å². The summed E-state index contributed by atoms with van der Waals surface area (Å²) in [6.07, 6.45) is 0.927. The lowest BCUT2D eigenvalue weighted by molar-refractivity contribution is -0.146. The van der Waals surface area contributed by atoms with Gasteiger partial charge in [-0.25, -0.2) is 4.79 Å². The fraction of sp³-hybridized carbons (Fsp3) is 0.409. The molecule has 34 heavy (non-hydrogen) atoms. The summed E-state index contributed by atoms with van der Waals surface area (Å²) in [5.74, 6) is -1.15. The van der Waals surface area contributed by atoms with Crippen LogP contribution < -0.4 is 16.6 Å². The number of nitrogens with zero attached hydrogens (tertiary/aromatic N) is 1. The van der Waals surface area contributed by atoms with Gasteiger partial charge in [-0.15, -0.1) is 0 Å². The molecule has 0 aliphatic heterocycles. The highest BCUT2D eigenvalue weighted by Gasteiger charge is 2.25. The average Bonchev–Trinajstić information content (AvgIpc) is 3.42. The van der Waals surface area contributed by atoms with Gasteiger partial charge in [-0.1, -0.05) is 0 Å². The molecule has 12 nitrogen and oxygen atoms in total. The molecule has 1 atom stereocenters. The van der Waals surface area contributed by atoms with Gasteiger partial charge in [0.2, 0.25) is 5.95 Å². The Morgan fingerprint density at radius 3 is 2.65 bits per heavy atom. The summed E-state index contributed by atoms with van der Waals surface area (Å²) < 4.78 is 15.5. The van der Waals surface area contributed by atoms with Crippen LogP contribution in [0.2, 0.25) is 0 Å². The predicted molar refractivity (Wildman–Crippen MR) is 121 cm³/mol. The Hall–Kier alpha value is -4.09. The van der Waals surface area contributed by atoms with Crippen LogP contribution in [0.5, 0.6) is 0 Å². The summed E-state index contributed by atoms with van der Waals surface area (Å²) in [6, 6.07) is 3.81. The second kappa shape index (κ2) is 11.2. The van der Waals surface area contributed by atoms with Crippen molar-refractivity contribution in [1.29, 1.82) is 0 Å². The fourth-order valence-electron chi connectivity index (χ4n) is 3.33. The van der Waals surface area contributed by atoms with Gasteiger partial charge in [-0.2, -0.15) is 4.98 Å². The number of aromatic amines is 2. The summed E-state index contributed by atoms with van der Waals surface area (Å²) in [5.41, 5.74) is 6.37. The molecule has 0 aliphatic rings. The van der Waals surface area contributed by atoms with Crippen molar-refractivity contribution >= 4 is 34.8 Å². The molecule has 1 amide bonds. The number of H-pyrrole nitrogens is 2. The molecule has 0 unspecified atom stereocenters. The van der Waals surface area contributed by atoms with Crippen LogP contribution in [-0.4, -0.2) is 52.1 Å². The number of nitrogens with two attached hydrogens (primary N) is 1. The Bertz CT molecular complexity index is 1230. The number of furan rings is 1. The number of anilines is 1. The van der Waals surface area contributed by atoms with Gasteiger partial charge in [-0.3, -0.25) is 19.4 Å².